The molecule has 2 N–H and O–H groups in total. The number of nitrogens with one attached hydrogen (secondary N) is 2. The highest BCUT2D eigenvalue weighted by Gasteiger charge is 2.43. The molecule has 1 aromatic carbocycles. The number of carbonyl (C=O) groups excluding carboxylic acids is 3. The summed E-state index contributed by atoms with van der Waals surface area (Å²) in [7, 11) is 0. The largest absolute Gasteiger partial charge is 0.325 e. The molecule has 1 aliphatic heterocycles. The van der Waals surface area contributed by atoms with Crippen LogP contribution < -0.4 is 10.7 Å². The molecule has 1 aliphatic rings. The summed E-state index contributed by atoms with van der Waals surface area (Å²) >= 11 is 0. The fraction of sp³-hybridized carbons (Fsp3) is 0.312. The number of hydrazone groups is 1. The first-order valence-corrected chi connectivity index (χ1v) is 7.29. The molecule has 24 heavy (non-hydrogen) atoms. The molecule has 0 aromatic heterocycles. The van der Waals surface area contributed by atoms with E-state index in [0.717, 1.165) is 10.5 Å². The lowest BCUT2D eigenvalue weighted by Gasteiger charge is -2.15. The number of benzene rings is 1. The second-order valence-corrected chi connectivity index (χ2v) is 5.79. The van der Waals surface area contributed by atoms with Crippen molar-refractivity contribution in [1.29, 1.82) is 5.26 Å². The Morgan fingerprint density at radius 2 is 2.04 bits per heavy atom. The van der Waals surface area contributed by atoms with Gasteiger partial charge in [-0.25, -0.2) is 10.2 Å². The number of nitriles is 1. The summed E-state index contributed by atoms with van der Waals surface area (Å²) in [5.74, 6) is -0.772. The molecule has 2 rings (SSSR count). The van der Waals surface area contributed by atoms with E-state index in [1.807, 2.05) is 6.07 Å². The summed E-state index contributed by atoms with van der Waals surface area (Å²) in [6.45, 7) is 3.21. The molecular weight excluding hydrogens is 310 g/mol. The Morgan fingerprint density at radius 1 is 1.38 bits per heavy atom. The highest BCUT2D eigenvalue weighted by molar-refractivity contribution is 6.06. The third-order valence-corrected chi connectivity index (χ3v) is 3.45. The van der Waals surface area contributed by atoms with Crippen molar-refractivity contribution < 1.29 is 14.4 Å². The molecule has 1 aromatic rings. The number of imide groups is 1. The summed E-state index contributed by atoms with van der Waals surface area (Å²) in [6.07, 6.45) is 1.40. The van der Waals surface area contributed by atoms with Gasteiger partial charge >= 0.3 is 6.03 Å². The Bertz CT molecular complexity index is 731. The Morgan fingerprint density at radius 3 is 2.58 bits per heavy atom. The third-order valence-electron chi connectivity index (χ3n) is 3.45. The predicted octanol–water partition coefficient (Wildman–Crippen LogP) is 0.729. The predicted molar refractivity (Wildman–Crippen MR) is 85.8 cm³/mol. The van der Waals surface area contributed by atoms with Crippen molar-refractivity contribution in [1.82, 2.24) is 15.6 Å². The van der Waals surface area contributed by atoms with Gasteiger partial charge in [0.2, 0.25) is 5.91 Å². The summed E-state index contributed by atoms with van der Waals surface area (Å²) in [6, 6.07) is 8.18. The number of carbonyl (C=O) groups is 3. The van der Waals surface area contributed by atoms with Crippen LogP contribution in [0.25, 0.3) is 0 Å². The highest BCUT2D eigenvalue weighted by atomic mass is 16.2. The van der Waals surface area contributed by atoms with Gasteiger partial charge in [0, 0.05) is 13.0 Å². The van der Waals surface area contributed by atoms with Gasteiger partial charge in [0.05, 0.1) is 17.8 Å². The average Bonchev–Trinajstić information content (AvgIpc) is 2.74. The first kappa shape index (κ1) is 17.1. The number of hydrogen-bond donors (Lipinski definition) is 2. The number of nitrogens with zero attached hydrogens (tertiary/aromatic N) is 3. The molecular formula is C16H17N5O3. The second kappa shape index (κ2) is 6.91. The minimum atomic E-state index is -0.943. The smallest absolute Gasteiger partial charge is 0.324 e. The highest BCUT2D eigenvalue weighted by Crippen LogP contribution is 2.16. The minimum absolute atomic E-state index is 0.00762. The molecule has 4 amide bonds. The zero-order valence-electron chi connectivity index (χ0n) is 13.4. The van der Waals surface area contributed by atoms with Crippen LogP contribution in [0, 0.1) is 11.3 Å². The van der Waals surface area contributed by atoms with Crippen molar-refractivity contribution in [2.75, 3.05) is 6.54 Å². The maximum Gasteiger partial charge on any atom is 0.325 e. The molecule has 0 radical (unpaired) electrons. The first-order valence-electron chi connectivity index (χ1n) is 7.29. The quantitative estimate of drug-likeness (QED) is 0.471. The normalized spacial score (nSPS) is 16.1. The molecule has 0 bridgehead atoms. The molecule has 8 heteroatoms. The molecule has 1 saturated heterocycles. The van der Waals surface area contributed by atoms with Gasteiger partial charge in [-0.05, 0) is 31.5 Å². The number of rotatable bonds is 5. The van der Waals surface area contributed by atoms with Gasteiger partial charge in [0.1, 0.15) is 5.54 Å². The second-order valence-electron chi connectivity index (χ2n) is 5.79. The SMILES string of the molecule is CC1(C)NC(=O)N(CCC(=O)N/N=C\c2ccc(C#N)cc2)C1=O. The van der Waals surface area contributed by atoms with E-state index in [4.69, 9.17) is 5.26 Å². The number of urea groups is 1. The van der Waals surface area contributed by atoms with Crippen LogP contribution in [0.1, 0.15) is 31.4 Å². The van der Waals surface area contributed by atoms with Gasteiger partial charge in [-0.15, -0.1) is 0 Å². The zero-order valence-corrected chi connectivity index (χ0v) is 13.4. The van der Waals surface area contributed by atoms with Gasteiger partial charge in [-0.1, -0.05) is 12.1 Å². The van der Waals surface area contributed by atoms with Gasteiger partial charge in [0.15, 0.2) is 0 Å². The van der Waals surface area contributed by atoms with E-state index in [9.17, 15) is 14.4 Å². The fourth-order valence-electron chi connectivity index (χ4n) is 2.11. The van der Waals surface area contributed by atoms with Gasteiger partial charge < -0.3 is 5.32 Å². The van der Waals surface area contributed by atoms with E-state index in [1.165, 1.54) is 6.21 Å². The standard InChI is InChI=1S/C16H17N5O3/c1-16(2)14(23)21(15(24)19-16)8-7-13(22)20-18-10-12-5-3-11(9-17)4-6-12/h3-6,10H,7-8H2,1-2H3,(H,19,24)(H,20,22)/b18-10-. The molecule has 1 heterocycles. The van der Waals surface area contributed by atoms with E-state index < -0.39 is 17.5 Å². The van der Waals surface area contributed by atoms with E-state index in [1.54, 1.807) is 38.1 Å². The maximum atomic E-state index is 12.0. The average molecular weight is 327 g/mol. The van der Waals surface area contributed by atoms with Crippen molar-refractivity contribution >= 4 is 24.1 Å². The lowest BCUT2D eigenvalue weighted by Crippen LogP contribution is -2.40. The molecule has 8 nitrogen and oxygen atoms in total. The lowest BCUT2D eigenvalue weighted by molar-refractivity contribution is -0.130. The van der Waals surface area contributed by atoms with Crippen LogP contribution in [0.3, 0.4) is 0 Å². The van der Waals surface area contributed by atoms with Crippen LogP contribution in [0.4, 0.5) is 4.79 Å². The Hall–Kier alpha value is -3.21. The molecule has 124 valence electrons. The Kier molecular flexibility index (Phi) is 4.94. The molecule has 0 atom stereocenters. The third kappa shape index (κ3) is 3.95. The van der Waals surface area contributed by atoms with Crippen LogP contribution in [0.5, 0.6) is 0 Å². The van der Waals surface area contributed by atoms with Crippen LogP contribution in [-0.2, 0) is 9.59 Å². The zero-order chi connectivity index (χ0) is 17.7. The van der Waals surface area contributed by atoms with Gasteiger partial charge in [0.25, 0.3) is 5.91 Å². The minimum Gasteiger partial charge on any atom is -0.324 e. The van der Waals surface area contributed by atoms with E-state index in [2.05, 4.69) is 15.8 Å². The lowest BCUT2D eigenvalue weighted by atomic mass is 10.1. The van der Waals surface area contributed by atoms with Crippen molar-refractivity contribution in [3.8, 4) is 6.07 Å². The van der Waals surface area contributed by atoms with Gasteiger partial charge in [-0.3, -0.25) is 14.5 Å². The van der Waals surface area contributed by atoms with Crippen molar-refractivity contribution in [3.63, 3.8) is 0 Å². The van der Waals surface area contributed by atoms with E-state index in [0.29, 0.717) is 5.56 Å². The molecule has 0 saturated carbocycles. The molecule has 0 spiro atoms. The summed E-state index contributed by atoms with van der Waals surface area (Å²) in [5, 5.41) is 15.0. The Balaban J connectivity index is 1.81. The van der Waals surface area contributed by atoms with Crippen LogP contribution in [0.15, 0.2) is 29.4 Å². The van der Waals surface area contributed by atoms with E-state index in [-0.39, 0.29) is 18.9 Å². The molecule has 1 fully saturated rings. The van der Waals surface area contributed by atoms with Crippen molar-refractivity contribution in [3.05, 3.63) is 35.4 Å². The van der Waals surface area contributed by atoms with E-state index >= 15 is 0 Å². The number of amides is 4. The molecule has 0 unspecified atom stereocenters. The fourth-order valence-corrected chi connectivity index (χ4v) is 2.11. The summed E-state index contributed by atoms with van der Waals surface area (Å²) in [5.41, 5.74) is 2.65. The number of hydrogen-bond acceptors (Lipinski definition) is 5. The summed E-state index contributed by atoms with van der Waals surface area (Å²) in [4.78, 5) is 36.4. The van der Waals surface area contributed by atoms with Crippen LogP contribution in [0.2, 0.25) is 0 Å². The monoisotopic (exact) mass is 327 g/mol. The summed E-state index contributed by atoms with van der Waals surface area (Å²) < 4.78 is 0. The topological polar surface area (TPSA) is 115 Å². The van der Waals surface area contributed by atoms with Gasteiger partial charge in [-0.2, -0.15) is 10.4 Å². The van der Waals surface area contributed by atoms with Crippen molar-refractivity contribution in [2.45, 2.75) is 25.8 Å². The Labute approximate surface area is 139 Å². The van der Waals surface area contributed by atoms with Crippen molar-refractivity contribution in [2.24, 2.45) is 5.10 Å². The maximum absolute atomic E-state index is 12.0. The van der Waals surface area contributed by atoms with Crippen LogP contribution >= 0.6 is 0 Å². The van der Waals surface area contributed by atoms with Crippen LogP contribution in [-0.4, -0.2) is 41.0 Å². The molecule has 0 aliphatic carbocycles. The first-order chi connectivity index (χ1) is 11.3.